The summed E-state index contributed by atoms with van der Waals surface area (Å²) in [5, 5.41) is 0.530. The molecule has 0 radical (unpaired) electrons. The third kappa shape index (κ3) is 5.65. The van der Waals surface area contributed by atoms with Crippen LogP contribution in [0.5, 0.6) is 11.5 Å². The highest BCUT2D eigenvalue weighted by molar-refractivity contribution is 7.07. The van der Waals surface area contributed by atoms with E-state index in [-0.39, 0.29) is 18.3 Å². The third-order valence-electron chi connectivity index (χ3n) is 5.64. The van der Waals surface area contributed by atoms with Crippen LogP contribution in [-0.2, 0) is 9.53 Å². The highest BCUT2D eigenvalue weighted by atomic mass is 35.5. The maximum absolute atomic E-state index is 13.8. The molecule has 194 valence electrons. The van der Waals surface area contributed by atoms with Gasteiger partial charge in [0.1, 0.15) is 11.5 Å². The van der Waals surface area contributed by atoms with Crippen molar-refractivity contribution in [2.75, 3.05) is 13.2 Å². The Kier molecular flexibility index (Phi) is 8.19. The molecule has 0 amide bonds. The van der Waals surface area contributed by atoms with E-state index in [1.54, 1.807) is 42.7 Å². The van der Waals surface area contributed by atoms with Gasteiger partial charge in [0.05, 0.1) is 41.2 Å². The number of esters is 1. The van der Waals surface area contributed by atoms with Gasteiger partial charge in [-0.1, -0.05) is 35.1 Å². The van der Waals surface area contributed by atoms with Gasteiger partial charge in [0, 0.05) is 10.6 Å². The van der Waals surface area contributed by atoms with Crippen LogP contribution in [0.2, 0.25) is 5.02 Å². The van der Waals surface area contributed by atoms with Crippen molar-refractivity contribution >= 4 is 35.0 Å². The molecule has 1 aromatic heterocycles. The molecule has 37 heavy (non-hydrogen) atoms. The van der Waals surface area contributed by atoms with E-state index in [0.29, 0.717) is 49.3 Å². The van der Waals surface area contributed by atoms with Gasteiger partial charge in [-0.2, -0.15) is 0 Å². The number of nitrogens with zero attached hydrogens (tertiary/aromatic N) is 2. The molecule has 1 atom stereocenters. The number of fused-ring (bicyclic) bond motifs is 1. The molecular formula is C28H29ClN2O5S. The molecule has 7 nitrogen and oxygen atoms in total. The first kappa shape index (κ1) is 26.7. The topological polar surface area (TPSA) is 79.1 Å². The van der Waals surface area contributed by atoms with Crippen LogP contribution in [0.3, 0.4) is 0 Å². The second-order valence-corrected chi connectivity index (χ2v) is 10.1. The Bertz CT molecular complexity index is 1520. The van der Waals surface area contributed by atoms with Crippen LogP contribution >= 0.6 is 22.9 Å². The summed E-state index contributed by atoms with van der Waals surface area (Å²) in [7, 11) is 0. The van der Waals surface area contributed by atoms with E-state index in [9.17, 15) is 9.59 Å². The standard InChI is InChI=1S/C28H29ClN2O5S/c1-6-34-21-11-8-18(9-12-21)25-24(27(33)35-7-2)17(5)30-28-31(25)26(32)23(37-28)15-19-14-20(29)10-13-22(19)36-16(3)4/h8-16,25H,6-7H2,1-5H3/b23-15-/t25-/m0/s1. The van der Waals surface area contributed by atoms with Crippen LogP contribution in [0, 0.1) is 0 Å². The van der Waals surface area contributed by atoms with Gasteiger partial charge in [-0.15, -0.1) is 0 Å². The molecule has 0 bridgehead atoms. The molecule has 1 aliphatic heterocycles. The maximum atomic E-state index is 13.8. The van der Waals surface area contributed by atoms with E-state index in [4.69, 9.17) is 25.8 Å². The molecule has 9 heteroatoms. The van der Waals surface area contributed by atoms with Crippen molar-refractivity contribution in [1.29, 1.82) is 0 Å². The minimum absolute atomic E-state index is 0.0519. The number of halogens is 1. The van der Waals surface area contributed by atoms with E-state index in [0.717, 1.165) is 5.56 Å². The van der Waals surface area contributed by atoms with Gasteiger partial charge in [-0.05, 0) is 76.6 Å². The van der Waals surface area contributed by atoms with E-state index in [2.05, 4.69) is 4.99 Å². The lowest BCUT2D eigenvalue weighted by atomic mass is 9.96. The summed E-state index contributed by atoms with van der Waals surface area (Å²) >= 11 is 7.51. The molecule has 3 aromatic rings. The fraction of sp³-hybridized carbons (Fsp3) is 0.321. The van der Waals surface area contributed by atoms with Crippen molar-refractivity contribution in [3.05, 3.63) is 89.6 Å². The van der Waals surface area contributed by atoms with Crippen LogP contribution in [0.1, 0.15) is 51.8 Å². The number of rotatable bonds is 8. The van der Waals surface area contributed by atoms with Gasteiger partial charge in [0.2, 0.25) is 0 Å². The summed E-state index contributed by atoms with van der Waals surface area (Å²) in [6, 6.07) is 12.0. The van der Waals surface area contributed by atoms with E-state index in [1.807, 2.05) is 45.0 Å². The molecule has 2 aromatic carbocycles. The summed E-state index contributed by atoms with van der Waals surface area (Å²) in [5.74, 6) is 0.826. The molecule has 0 spiro atoms. The number of allylic oxidation sites excluding steroid dienone is 1. The smallest absolute Gasteiger partial charge is 0.338 e. The third-order valence-corrected chi connectivity index (χ3v) is 6.86. The average Bonchev–Trinajstić information content (AvgIpc) is 3.15. The zero-order chi connectivity index (χ0) is 26.7. The molecule has 1 aliphatic rings. The second kappa shape index (κ2) is 11.4. The summed E-state index contributed by atoms with van der Waals surface area (Å²) in [5.41, 5.74) is 2.01. The van der Waals surface area contributed by atoms with Gasteiger partial charge in [0.15, 0.2) is 4.80 Å². The second-order valence-electron chi connectivity index (χ2n) is 8.65. The van der Waals surface area contributed by atoms with Crippen molar-refractivity contribution in [2.24, 2.45) is 4.99 Å². The number of aromatic nitrogens is 1. The quantitative estimate of drug-likeness (QED) is 0.389. The van der Waals surface area contributed by atoms with Crippen LogP contribution in [0.4, 0.5) is 0 Å². The predicted octanol–water partition coefficient (Wildman–Crippen LogP) is 4.64. The van der Waals surface area contributed by atoms with Crippen LogP contribution in [0.15, 0.2) is 63.5 Å². The van der Waals surface area contributed by atoms with Gasteiger partial charge in [-0.3, -0.25) is 9.36 Å². The summed E-state index contributed by atoms with van der Waals surface area (Å²) in [6.45, 7) is 10.0. The predicted molar refractivity (Wildman–Crippen MR) is 145 cm³/mol. The number of carbonyl (C=O) groups excluding carboxylic acids is 1. The fourth-order valence-electron chi connectivity index (χ4n) is 4.15. The monoisotopic (exact) mass is 540 g/mol. The first-order valence-electron chi connectivity index (χ1n) is 12.1. The maximum Gasteiger partial charge on any atom is 0.338 e. The zero-order valence-electron chi connectivity index (χ0n) is 21.4. The normalized spacial score (nSPS) is 15.4. The minimum atomic E-state index is -0.695. The zero-order valence-corrected chi connectivity index (χ0v) is 23.0. The van der Waals surface area contributed by atoms with Crippen molar-refractivity contribution in [3.63, 3.8) is 0 Å². The fourth-order valence-corrected chi connectivity index (χ4v) is 5.37. The van der Waals surface area contributed by atoms with Gasteiger partial charge < -0.3 is 14.2 Å². The van der Waals surface area contributed by atoms with Crippen molar-refractivity contribution in [3.8, 4) is 11.5 Å². The van der Waals surface area contributed by atoms with E-state index >= 15 is 0 Å². The Hall–Kier alpha value is -3.36. The average molecular weight is 541 g/mol. The van der Waals surface area contributed by atoms with Gasteiger partial charge in [-0.25, -0.2) is 9.79 Å². The molecule has 0 saturated carbocycles. The first-order valence-corrected chi connectivity index (χ1v) is 13.3. The van der Waals surface area contributed by atoms with Crippen molar-refractivity contribution in [2.45, 2.75) is 46.8 Å². The molecule has 0 fully saturated rings. The van der Waals surface area contributed by atoms with E-state index < -0.39 is 12.0 Å². The molecule has 4 rings (SSSR count). The Morgan fingerprint density at radius 2 is 1.89 bits per heavy atom. The lowest BCUT2D eigenvalue weighted by Gasteiger charge is -2.24. The Morgan fingerprint density at radius 1 is 1.16 bits per heavy atom. The van der Waals surface area contributed by atoms with Gasteiger partial charge in [0.25, 0.3) is 5.56 Å². The number of hydrogen-bond acceptors (Lipinski definition) is 7. The van der Waals surface area contributed by atoms with Crippen molar-refractivity contribution < 1.29 is 19.0 Å². The Balaban J connectivity index is 1.92. The highest BCUT2D eigenvalue weighted by Gasteiger charge is 2.33. The number of hydrogen-bond donors (Lipinski definition) is 0. The highest BCUT2D eigenvalue weighted by Crippen LogP contribution is 2.32. The lowest BCUT2D eigenvalue weighted by molar-refractivity contribution is -0.139. The number of thiazole rings is 1. The van der Waals surface area contributed by atoms with Crippen LogP contribution in [-0.4, -0.2) is 29.9 Å². The minimum Gasteiger partial charge on any atom is -0.494 e. The Labute approximate surface area is 224 Å². The largest absolute Gasteiger partial charge is 0.494 e. The van der Waals surface area contributed by atoms with Crippen molar-refractivity contribution in [1.82, 2.24) is 4.57 Å². The molecular weight excluding hydrogens is 512 g/mol. The Morgan fingerprint density at radius 3 is 2.54 bits per heavy atom. The summed E-state index contributed by atoms with van der Waals surface area (Å²) in [6.07, 6.45) is 1.70. The molecule has 0 aliphatic carbocycles. The van der Waals surface area contributed by atoms with Crippen LogP contribution in [0.25, 0.3) is 6.08 Å². The molecule has 0 saturated heterocycles. The SMILES string of the molecule is CCOC(=O)C1=C(C)N=c2s/c(=C\c3cc(Cl)ccc3OC(C)C)c(=O)n2[C@H]1c1ccc(OCC)cc1. The van der Waals surface area contributed by atoms with Gasteiger partial charge >= 0.3 is 5.97 Å². The molecule has 0 unspecified atom stereocenters. The molecule has 2 heterocycles. The molecule has 0 N–H and O–H groups in total. The number of benzene rings is 2. The van der Waals surface area contributed by atoms with Crippen LogP contribution < -0.4 is 24.4 Å². The summed E-state index contributed by atoms with van der Waals surface area (Å²) < 4.78 is 18.9. The first-order chi connectivity index (χ1) is 17.7. The number of ether oxygens (including phenoxy) is 3. The lowest BCUT2D eigenvalue weighted by Crippen LogP contribution is -2.39. The van der Waals surface area contributed by atoms with E-state index in [1.165, 1.54) is 11.3 Å². The number of carbonyl (C=O) groups is 1. The summed E-state index contributed by atoms with van der Waals surface area (Å²) in [4.78, 5) is 32.0.